The highest BCUT2D eigenvalue weighted by molar-refractivity contribution is 5.98. The van der Waals surface area contributed by atoms with Gasteiger partial charge in [0.15, 0.2) is 0 Å². The Kier molecular flexibility index (Phi) is 5.07. The molecule has 0 bridgehead atoms. The normalized spacial score (nSPS) is 12.3. The Morgan fingerprint density at radius 1 is 1.50 bits per heavy atom. The van der Waals surface area contributed by atoms with Gasteiger partial charge in [0.25, 0.3) is 5.91 Å². The van der Waals surface area contributed by atoms with Crippen LogP contribution in [0.4, 0.5) is 10.2 Å². The Morgan fingerprint density at radius 2 is 2.17 bits per heavy atom. The summed E-state index contributed by atoms with van der Waals surface area (Å²) in [5.74, 6) is -0.102. The van der Waals surface area contributed by atoms with Gasteiger partial charge in [0, 0.05) is 13.1 Å². The minimum absolute atomic E-state index is 0.0745. The second-order valence-corrected chi connectivity index (χ2v) is 4.53. The maximum Gasteiger partial charge on any atom is 0.255 e. The number of aromatic nitrogens is 1. The van der Waals surface area contributed by atoms with E-state index in [1.54, 1.807) is 7.05 Å². The molecule has 0 aliphatic heterocycles. The summed E-state index contributed by atoms with van der Waals surface area (Å²) < 4.78 is 13.2. The lowest BCUT2D eigenvalue weighted by Crippen LogP contribution is -2.38. The monoisotopic (exact) mass is 253 g/mol. The summed E-state index contributed by atoms with van der Waals surface area (Å²) in [5.41, 5.74) is 0.233. The Morgan fingerprint density at radius 3 is 2.67 bits per heavy atom. The predicted octanol–water partition coefficient (Wildman–Crippen LogP) is 2.43. The number of hydrogen-bond acceptors (Lipinski definition) is 3. The van der Waals surface area contributed by atoms with Gasteiger partial charge in [-0.3, -0.25) is 4.79 Å². The molecule has 18 heavy (non-hydrogen) atoms. The Balaban J connectivity index is 2.92. The maximum absolute atomic E-state index is 13.2. The minimum atomic E-state index is -0.517. The summed E-state index contributed by atoms with van der Waals surface area (Å²) in [4.78, 5) is 15.9. The maximum atomic E-state index is 13.2. The molecule has 1 unspecified atom stereocenters. The van der Waals surface area contributed by atoms with Gasteiger partial charge in [0.1, 0.15) is 11.6 Å². The molecular weight excluding hydrogens is 233 g/mol. The first-order chi connectivity index (χ1) is 8.49. The molecule has 0 aliphatic carbocycles. The third kappa shape index (κ3) is 3.42. The van der Waals surface area contributed by atoms with Gasteiger partial charge in [-0.2, -0.15) is 0 Å². The number of anilines is 1. The second-order valence-electron chi connectivity index (χ2n) is 4.53. The molecule has 2 N–H and O–H groups in total. The van der Waals surface area contributed by atoms with Gasteiger partial charge >= 0.3 is 0 Å². The standard InChI is InChI=1S/C13H20FN3O/c1-5-11(8(2)3)17-13(18)10-6-9(14)7-16-12(10)15-4/h6-8,11H,5H2,1-4H3,(H,15,16)(H,17,18). The van der Waals surface area contributed by atoms with Crippen molar-refractivity contribution in [1.82, 2.24) is 10.3 Å². The van der Waals surface area contributed by atoms with Crippen LogP contribution in [0.25, 0.3) is 0 Å². The van der Waals surface area contributed by atoms with Crippen molar-refractivity contribution in [2.45, 2.75) is 33.2 Å². The molecule has 0 aliphatic rings. The molecule has 1 aromatic rings. The van der Waals surface area contributed by atoms with Crippen LogP contribution in [0.2, 0.25) is 0 Å². The molecular formula is C13H20FN3O. The number of nitrogens with one attached hydrogen (secondary N) is 2. The summed E-state index contributed by atoms with van der Waals surface area (Å²) in [7, 11) is 1.65. The van der Waals surface area contributed by atoms with E-state index in [0.29, 0.717) is 11.7 Å². The van der Waals surface area contributed by atoms with Crippen LogP contribution in [0.5, 0.6) is 0 Å². The highest BCUT2D eigenvalue weighted by atomic mass is 19.1. The number of nitrogens with zero attached hydrogens (tertiary/aromatic N) is 1. The summed E-state index contributed by atoms with van der Waals surface area (Å²) in [6.45, 7) is 6.09. The Hall–Kier alpha value is -1.65. The number of hydrogen-bond donors (Lipinski definition) is 2. The first kappa shape index (κ1) is 14.4. The highest BCUT2D eigenvalue weighted by Gasteiger charge is 2.18. The molecule has 0 aromatic carbocycles. The topological polar surface area (TPSA) is 54.0 Å². The first-order valence-corrected chi connectivity index (χ1v) is 6.13. The second kappa shape index (κ2) is 6.33. The van der Waals surface area contributed by atoms with Gasteiger partial charge in [0.2, 0.25) is 0 Å². The fourth-order valence-electron chi connectivity index (χ4n) is 1.80. The molecule has 1 atom stereocenters. The Labute approximate surface area is 107 Å². The van der Waals surface area contributed by atoms with Crippen LogP contribution < -0.4 is 10.6 Å². The number of halogens is 1. The number of carbonyl (C=O) groups excluding carboxylic acids is 1. The van der Waals surface area contributed by atoms with Crippen molar-refractivity contribution < 1.29 is 9.18 Å². The number of pyridine rings is 1. The van der Waals surface area contributed by atoms with Gasteiger partial charge in [-0.1, -0.05) is 20.8 Å². The van der Waals surface area contributed by atoms with Gasteiger partial charge in [0.05, 0.1) is 11.8 Å². The summed E-state index contributed by atoms with van der Waals surface area (Å²) in [6, 6.07) is 1.27. The smallest absolute Gasteiger partial charge is 0.255 e. The van der Waals surface area contributed by atoms with Crippen LogP contribution in [0, 0.1) is 11.7 Å². The summed E-state index contributed by atoms with van der Waals surface area (Å²) >= 11 is 0. The highest BCUT2D eigenvalue weighted by Crippen LogP contribution is 2.14. The van der Waals surface area contributed by atoms with Gasteiger partial charge < -0.3 is 10.6 Å². The van der Waals surface area contributed by atoms with Crippen LogP contribution in [-0.2, 0) is 0 Å². The molecule has 100 valence electrons. The zero-order valence-electron chi connectivity index (χ0n) is 11.2. The molecule has 1 rings (SSSR count). The van der Waals surface area contributed by atoms with E-state index in [1.165, 1.54) is 6.07 Å². The molecule has 1 heterocycles. The fraction of sp³-hybridized carbons (Fsp3) is 0.538. The number of rotatable bonds is 5. The molecule has 4 nitrogen and oxygen atoms in total. The molecule has 0 saturated heterocycles. The van der Waals surface area contributed by atoms with Gasteiger partial charge in [-0.15, -0.1) is 0 Å². The molecule has 0 spiro atoms. The van der Waals surface area contributed by atoms with Crippen molar-refractivity contribution in [2.75, 3.05) is 12.4 Å². The molecule has 0 radical (unpaired) electrons. The zero-order chi connectivity index (χ0) is 13.7. The van der Waals surface area contributed by atoms with Crippen molar-refractivity contribution in [3.63, 3.8) is 0 Å². The van der Waals surface area contributed by atoms with E-state index in [0.717, 1.165) is 12.6 Å². The summed E-state index contributed by atoms with van der Waals surface area (Å²) in [5, 5.41) is 5.68. The quantitative estimate of drug-likeness (QED) is 0.847. The zero-order valence-corrected chi connectivity index (χ0v) is 11.2. The van der Waals surface area contributed by atoms with Crippen molar-refractivity contribution in [3.8, 4) is 0 Å². The largest absolute Gasteiger partial charge is 0.372 e. The van der Waals surface area contributed by atoms with Crippen LogP contribution in [0.15, 0.2) is 12.3 Å². The molecule has 1 aromatic heterocycles. The molecule has 0 fully saturated rings. The lowest BCUT2D eigenvalue weighted by Gasteiger charge is -2.21. The number of carbonyl (C=O) groups is 1. The van der Waals surface area contributed by atoms with Crippen LogP contribution in [-0.4, -0.2) is 24.0 Å². The van der Waals surface area contributed by atoms with Crippen molar-refractivity contribution >= 4 is 11.7 Å². The minimum Gasteiger partial charge on any atom is -0.372 e. The Bertz CT molecular complexity index is 421. The van der Waals surface area contributed by atoms with Crippen LogP contribution >= 0.6 is 0 Å². The lowest BCUT2D eigenvalue weighted by atomic mass is 10.0. The van der Waals surface area contributed by atoms with Crippen molar-refractivity contribution in [1.29, 1.82) is 0 Å². The van der Waals surface area contributed by atoms with Crippen molar-refractivity contribution in [3.05, 3.63) is 23.6 Å². The third-order valence-corrected chi connectivity index (χ3v) is 2.90. The van der Waals surface area contributed by atoms with Crippen LogP contribution in [0.3, 0.4) is 0 Å². The van der Waals surface area contributed by atoms with Gasteiger partial charge in [-0.05, 0) is 18.4 Å². The van der Waals surface area contributed by atoms with E-state index in [9.17, 15) is 9.18 Å². The number of amides is 1. The predicted molar refractivity (Wildman–Crippen MR) is 70.1 cm³/mol. The van der Waals surface area contributed by atoms with E-state index < -0.39 is 5.82 Å². The average Bonchev–Trinajstić information content (AvgIpc) is 2.35. The first-order valence-electron chi connectivity index (χ1n) is 6.13. The average molecular weight is 253 g/mol. The van der Waals surface area contributed by atoms with Gasteiger partial charge in [-0.25, -0.2) is 9.37 Å². The van der Waals surface area contributed by atoms with E-state index in [1.807, 2.05) is 20.8 Å². The van der Waals surface area contributed by atoms with E-state index in [4.69, 9.17) is 0 Å². The summed E-state index contributed by atoms with van der Waals surface area (Å²) in [6.07, 6.45) is 1.92. The molecule has 1 amide bonds. The lowest BCUT2D eigenvalue weighted by molar-refractivity contribution is 0.0924. The van der Waals surface area contributed by atoms with Crippen molar-refractivity contribution in [2.24, 2.45) is 5.92 Å². The third-order valence-electron chi connectivity index (χ3n) is 2.90. The fourth-order valence-corrected chi connectivity index (χ4v) is 1.80. The molecule has 5 heteroatoms. The molecule has 0 saturated carbocycles. The van der Waals surface area contributed by atoms with Crippen LogP contribution in [0.1, 0.15) is 37.6 Å². The van der Waals surface area contributed by atoms with E-state index in [-0.39, 0.29) is 17.5 Å². The van der Waals surface area contributed by atoms with E-state index in [2.05, 4.69) is 15.6 Å². The van der Waals surface area contributed by atoms with E-state index >= 15 is 0 Å². The SMILES string of the molecule is CCC(NC(=O)c1cc(F)cnc1NC)C(C)C.